The molecular formula is C6H10O6. The van der Waals surface area contributed by atoms with Crippen LogP contribution in [0.2, 0.25) is 0 Å². The van der Waals surface area contributed by atoms with Crippen LogP contribution in [-0.4, -0.2) is 50.6 Å². The average molecular weight is 178 g/mol. The van der Waals surface area contributed by atoms with Crippen LogP contribution in [0.4, 0.5) is 0 Å². The van der Waals surface area contributed by atoms with E-state index in [0.29, 0.717) is 0 Å². The second kappa shape index (κ2) is 3.28. The Hall–Kier alpha value is -0.820. The Kier molecular flexibility index (Phi) is 2.53. The van der Waals surface area contributed by atoms with Gasteiger partial charge in [0.1, 0.15) is 6.10 Å². The van der Waals surface area contributed by atoms with Gasteiger partial charge in [0, 0.05) is 0 Å². The standard InChI is InChI=1S/C6H10O6/c7-1-2-3(8)4(9)5(10)6(11)12-2/h2,5-11H,1H2/t2-,5-,6+/m1/s1. The van der Waals surface area contributed by atoms with Crippen molar-refractivity contribution in [3.63, 3.8) is 0 Å². The van der Waals surface area contributed by atoms with Crippen LogP contribution in [0.5, 0.6) is 0 Å². The third-order valence-corrected chi connectivity index (χ3v) is 1.59. The van der Waals surface area contributed by atoms with Crippen molar-refractivity contribution in [1.82, 2.24) is 0 Å². The van der Waals surface area contributed by atoms with Crippen LogP contribution in [0, 0.1) is 0 Å². The van der Waals surface area contributed by atoms with E-state index in [2.05, 4.69) is 4.74 Å². The van der Waals surface area contributed by atoms with E-state index in [9.17, 15) is 0 Å². The highest BCUT2D eigenvalue weighted by atomic mass is 16.6. The zero-order valence-corrected chi connectivity index (χ0v) is 6.08. The maximum Gasteiger partial charge on any atom is 0.189 e. The van der Waals surface area contributed by atoms with Crippen LogP contribution in [0.3, 0.4) is 0 Å². The first kappa shape index (κ1) is 9.27. The van der Waals surface area contributed by atoms with Crippen LogP contribution in [0.25, 0.3) is 0 Å². The summed E-state index contributed by atoms with van der Waals surface area (Å²) in [6, 6.07) is 0. The Balaban J connectivity index is 2.87. The van der Waals surface area contributed by atoms with Crippen molar-refractivity contribution in [1.29, 1.82) is 0 Å². The molecule has 0 amide bonds. The fourth-order valence-corrected chi connectivity index (χ4v) is 0.888. The molecule has 0 aromatic rings. The summed E-state index contributed by atoms with van der Waals surface area (Å²) >= 11 is 0. The Morgan fingerprint density at radius 2 is 1.75 bits per heavy atom. The molecule has 0 unspecified atom stereocenters. The summed E-state index contributed by atoms with van der Waals surface area (Å²) in [6.45, 7) is -0.584. The minimum Gasteiger partial charge on any atom is -0.506 e. The number of hydrogen-bond donors (Lipinski definition) is 5. The second-order valence-corrected chi connectivity index (χ2v) is 2.41. The first-order chi connectivity index (χ1) is 5.57. The van der Waals surface area contributed by atoms with Gasteiger partial charge in [-0.15, -0.1) is 0 Å². The molecule has 3 atom stereocenters. The zero-order chi connectivity index (χ0) is 9.30. The van der Waals surface area contributed by atoms with Gasteiger partial charge in [0.05, 0.1) is 6.61 Å². The summed E-state index contributed by atoms with van der Waals surface area (Å²) in [6.07, 6.45) is -4.46. The smallest absolute Gasteiger partial charge is 0.189 e. The van der Waals surface area contributed by atoms with Gasteiger partial charge in [-0.05, 0) is 0 Å². The van der Waals surface area contributed by atoms with E-state index in [1.807, 2.05) is 0 Å². The van der Waals surface area contributed by atoms with Crippen molar-refractivity contribution < 1.29 is 30.3 Å². The van der Waals surface area contributed by atoms with Crippen LogP contribution in [0.1, 0.15) is 0 Å². The van der Waals surface area contributed by atoms with E-state index in [4.69, 9.17) is 25.5 Å². The predicted octanol–water partition coefficient (Wildman–Crippen LogP) is -1.62. The molecule has 0 saturated carbocycles. The number of rotatable bonds is 1. The van der Waals surface area contributed by atoms with E-state index in [1.54, 1.807) is 0 Å². The van der Waals surface area contributed by atoms with E-state index in [0.717, 1.165) is 0 Å². The van der Waals surface area contributed by atoms with Gasteiger partial charge in [0.25, 0.3) is 0 Å². The summed E-state index contributed by atoms with van der Waals surface area (Å²) in [5.74, 6) is -1.43. The quantitative estimate of drug-likeness (QED) is 0.330. The van der Waals surface area contributed by atoms with Crippen LogP contribution in [-0.2, 0) is 4.74 Å². The van der Waals surface area contributed by atoms with Gasteiger partial charge in [-0.3, -0.25) is 0 Å². The number of aliphatic hydroxyl groups is 5. The summed E-state index contributed by atoms with van der Waals surface area (Å²) in [5, 5.41) is 44.3. The fraction of sp³-hybridized carbons (Fsp3) is 0.667. The minimum absolute atomic E-state index is 0.584. The lowest BCUT2D eigenvalue weighted by Gasteiger charge is -2.28. The van der Waals surface area contributed by atoms with Gasteiger partial charge in [-0.2, -0.15) is 0 Å². The monoisotopic (exact) mass is 178 g/mol. The number of aliphatic hydroxyl groups excluding tert-OH is 5. The summed E-state index contributed by atoms with van der Waals surface area (Å²) in [4.78, 5) is 0. The molecule has 70 valence electrons. The molecule has 0 bridgehead atoms. The summed E-state index contributed by atoms with van der Waals surface area (Å²) < 4.78 is 4.52. The average Bonchev–Trinajstić information content (AvgIpc) is 2.08. The molecule has 12 heavy (non-hydrogen) atoms. The maximum atomic E-state index is 9.00. The first-order valence-corrected chi connectivity index (χ1v) is 3.32. The zero-order valence-electron chi connectivity index (χ0n) is 6.08. The Bertz CT molecular complexity index is 196. The third kappa shape index (κ3) is 1.37. The molecule has 0 saturated heterocycles. The normalized spacial score (nSPS) is 37.1. The molecule has 5 N–H and O–H groups in total. The Morgan fingerprint density at radius 1 is 1.17 bits per heavy atom. The first-order valence-electron chi connectivity index (χ1n) is 3.32. The Morgan fingerprint density at radius 3 is 2.25 bits per heavy atom. The van der Waals surface area contributed by atoms with Crippen molar-refractivity contribution in [3.8, 4) is 0 Å². The fourth-order valence-electron chi connectivity index (χ4n) is 0.888. The third-order valence-electron chi connectivity index (χ3n) is 1.59. The molecule has 1 heterocycles. The lowest BCUT2D eigenvalue weighted by molar-refractivity contribution is -0.205. The minimum atomic E-state index is -1.66. The molecule has 6 nitrogen and oxygen atoms in total. The van der Waals surface area contributed by atoms with Crippen molar-refractivity contribution in [2.75, 3.05) is 6.61 Å². The van der Waals surface area contributed by atoms with E-state index >= 15 is 0 Å². The molecule has 0 fully saturated rings. The van der Waals surface area contributed by atoms with Crippen molar-refractivity contribution in [2.24, 2.45) is 0 Å². The van der Waals surface area contributed by atoms with Gasteiger partial charge in [-0.25, -0.2) is 0 Å². The van der Waals surface area contributed by atoms with Crippen LogP contribution < -0.4 is 0 Å². The van der Waals surface area contributed by atoms with Crippen molar-refractivity contribution >= 4 is 0 Å². The molecule has 1 rings (SSSR count). The maximum absolute atomic E-state index is 9.00. The molecule has 1 aliphatic rings. The van der Waals surface area contributed by atoms with Crippen LogP contribution in [0.15, 0.2) is 11.5 Å². The van der Waals surface area contributed by atoms with Gasteiger partial charge in [0.15, 0.2) is 23.9 Å². The van der Waals surface area contributed by atoms with Crippen LogP contribution >= 0.6 is 0 Å². The topological polar surface area (TPSA) is 110 Å². The van der Waals surface area contributed by atoms with Gasteiger partial charge in [-0.1, -0.05) is 0 Å². The van der Waals surface area contributed by atoms with Gasteiger partial charge >= 0.3 is 0 Å². The molecule has 0 aromatic carbocycles. The van der Waals surface area contributed by atoms with Gasteiger partial charge in [0.2, 0.25) is 0 Å². The molecule has 0 radical (unpaired) electrons. The molecule has 6 heteroatoms. The SMILES string of the molecule is OC[C@H]1O[C@H](O)[C@H](O)C(O)=C1O. The van der Waals surface area contributed by atoms with E-state index < -0.39 is 36.6 Å². The van der Waals surface area contributed by atoms with Crippen molar-refractivity contribution in [3.05, 3.63) is 11.5 Å². The summed E-state index contributed by atoms with van der Waals surface area (Å²) in [5.41, 5.74) is 0. The second-order valence-electron chi connectivity index (χ2n) is 2.41. The van der Waals surface area contributed by atoms with Crippen molar-refractivity contribution in [2.45, 2.75) is 18.5 Å². The molecule has 1 aliphatic heterocycles. The van der Waals surface area contributed by atoms with E-state index in [-0.39, 0.29) is 0 Å². The number of hydrogen-bond acceptors (Lipinski definition) is 6. The Labute approximate surface area is 68.0 Å². The summed E-state index contributed by atoms with van der Waals surface area (Å²) in [7, 11) is 0. The highest BCUT2D eigenvalue weighted by Gasteiger charge is 2.35. The van der Waals surface area contributed by atoms with E-state index in [1.165, 1.54) is 0 Å². The molecule has 0 aliphatic carbocycles. The lowest BCUT2D eigenvalue weighted by atomic mass is 10.1. The molecule has 0 spiro atoms. The highest BCUT2D eigenvalue weighted by molar-refractivity contribution is 5.12. The largest absolute Gasteiger partial charge is 0.506 e. The highest BCUT2D eigenvalue weighted by Crippen LogP contribution is 2.21. The van der Waals surface area contributed by atoms with Gasteiger partial charge < -0.3 is 30.3 Å². The number of ether oxygens (including phenoxy) is 1. The lowest BCUT2D eigenvalue weighted by Crippen LogP contribution is -2.42. The molecular weight excluding hydrogens is 168 g/mol. The molecule has 0 aromatic heterocycles. The predicted molar refractivity (Wildman–Crippen MR) is 36.3 cm³/mol.